The van der Waals surface area contributed by atoms with E-state index >= 15 is 0 Å². The van der Waals surface area contributed by atoms with Gasteiger partial charge in [-0.2, -0.15) is 10.2 Å². The van der Waals surface area contributed by atoms with Crippen molar-refractivity contribution in [3.63, 3.8) is 0 Å². The SMILES string of the molecule is CNC(=S)N/N=C(/C(C)=N/NC(N)=S)c1ccc(NC)cc1. The van der Waals surface area contributed by atoms with Crippen molar-refractivity contribution >= 4 is 51.8 Å². The molecule has 0 atom stereocenters. The molecule has 0 unspecified atom stereocenters. The number of thiocarbonyl (C=S) groups is 2. The van der Waals surface area contributed by atoms with E-state index in [4.69, 9.17) is 30.2 Å². The summed E-state index contributed by atoms with van der Waals surface area (Å²) in [7, 11) is 3.57. The number of rotatable bonds is 5. The molecule has 118 valence electrons. The molecule has 0 heterocycles. The van der Waals surface area contributed by atoms with Gasteiger partial charge >= 0.3 is 0 Å². The minimum Gasteiger partial charge on any atom is -0.388 e. The van der Waals surface area contributed by atoms with Crippen molar-refractivity contribution in [1.82, 2.24) is 16.2 Å². The van der Waals surface area contributed by atoms with Crippen LogP contribution in [0.1, 0.15) is 12.5 Å². The lowest BCUT2D eigenvalue weighted by Gasteiger charge is -2.09. The first-order valence-electron chi connectivity index (χ1n) is 6.41. The Morgan fingerprint density at radius 1 is 1.05 bits per heavy atom. The van der Waals surface area contributed by atoms with Gasteiger partial charge in [0.05, 0.1) is 5.71 Å². The summed E-state index contributed by atoms with van der Waals surface area (Å²) in [6.07, 6.45) is 0. The second-order valence-electron chi connectivity index (χ2n) is 4.15. The molecule has 6 N–H and O–H groups in total. The van der Waals surface area contributed by atoms with Crippen molar-refractivity contribution in [2.24, 2.45) is 15.9 Å². The van der Waals surface area contributed by atoms with Gasteiger partial charge in [-0.05, 0) is 43.5 Å². The number of nitrogens with two attached hydrogens (primary N) is 1. The molecule has 22 heavy (non-hydrogen) atoms. The van der Waals surface area contributed by atoms with Crippen molar-refractivity contribution in [3.05, 3.63) is 29.8 Å². The van der Waals surface area contributed by atoms with E-state index in [0.717, 1.165) is 11.3 Å². The molecular weight excluding hydrogens is 318 g/mol. The summed E-state index contributed by atoms with van der Waals surface area (Å²) in [6.45, 7) is 1.79. The van der Waals surface area contributed by atoms with Gasteiger partial charge in [-0.15, -0.1) is 0 Å². The summed E-state index contributed by atoms with van der Waals surface area (Å²) in [4.78, 5) is 0. The maximum atomic E-state index is 5.38. The smallest absolute Gasteiger partial charge is 0.186 e. The van der Waals surface area contributed by atoms with Crippen LogP contribution < -0.4 is 27.2 Å². The molecule has 0 bridgehead atoms. The van der Waals surface area contributed by atoms with Crippen LogP contribution in [0.4, 0.5) is 5.69 Å². The van der Waals surface area contributed by atoms with E-state index in [2.05, 4.69) is 31.7 Å². The van der Waals surface area contributed by atoms with E-state index in [-0.39, 0.29) is 5.11 Å². The number of benzene rings is 1. The largest absolute Gasteiger partial charge is 0.388 e. The molecule has 0 amide bonds. The first-order valence-corrected chi connectivity index (χ1v) is 7.23. The standard InChI is InChI=1S/C13H19N7S2/c1-8(17-19-12(14)21)11(18-20-13(22)16-3)9-4-6-10(15-2)7-5-9/h4-7,15H,1-3H3,(H3,14,19,21)(H2,16,20,22)/b17-8+,18-11-. The Morgan fingerprint density at radius 3 is 2.18 bits per heavy atom. The van der Waals surface area contributed by atoms with Gasteiger partial charge in [-0.25, -0.2) is 0 Å². The van der Waals surface area contributed by atoms with Gasteiger partial charge in [0.15, 0.2) is 10.2 Å². The molecule has 0 aliphatic heterocycles. The molecule has 0 aliphatic carbocycles. The normalized spacial score (nSPS) is 11.6. The lowest BCUT2D eigenvalue weighted by atomic mass is 10.1. The fourth-order valence-electron chi connectivity index (χ4n) is 1.50. The number of hydrazone groups is 2. The van der Waals surface area contributed by atoms with Gasteiger partial charge in [0.25, 0.3) is 0 Å². The molecule has 0 fully saturated rings. The van der Waals surface area contributed by atoms with Crippen molar-refractivity contribution in [2.75, 3.05) is 19.4 Å². The van der Waals surface area contributed by atoms with Gasteiger partial charge in [0, 0.05) is 25.3 Å². The molecule has 0 aliphatic rings. The van der Waals surface area contributed by atoms with E-state index in [0.29, 0.717) is 16.5 Å². The first-order chi connectivity index (χ1) is 10.5. The molecule has 9 heteroatoms. The summed E-state index contributed by atoms with van der Waals surface area (Å²) < 4.78 is 0. The predicted octanol–water partition coefficient (Wildman–Crippen LogP) is 0.735. The van der Waals surface area contributed by atoms with Crippen LogP contribution in [0.3, 0.4) is 0 Å². The van der Waals surface area contributed by atoms with Crippen molar-refractivity contribution in [3.8, 4) is 0 Å². The average molecular weight is 337 g/mol. The maximum Gasteiger partial charge on any atom is 0.186 e. The van der Waals surface area contributed by atoms with E-state index < -0.39 is 0 Å². The highest BCUT2D eigenvalue weighted by Gasteiger charge is 2.09. The number of nitrogens with one attached hydrogen (secondary N) is 4. The highest BCUT2D eigenvalue weighted by atomic mass is 32.1. The lowest BCUT2D eigenvalue weighted by molar-refractivity contribution is 0.975. The van der Waals surface area contributed by atoms with E-state index in [1.807, 2.05) is 31.3 Å². The highest BCUT2D eigenvalue weighted by Crippen LogP contribution is 2.10. The quantitative estimate of drug-likeness (QED) is 0.307. The molecule has 0 aromatic heterocycles. The van der Waals surface area contributed by atoms with Crippen LogP contribution in [0.2, 0.25) is 0 Å². The minimum absolute atomic E-state index is 0.0861. The van der Waals surface area contributed by atoms with Crippen molar-refractivity contribution in [2.45, 2.75) is 6.92 Å². The Bertz CT molecular complexity index is 593. The first kappa shape index (κ1) is 17.8. The molecule has 1 aromatic rings. The third-order valence-electron chi connectivity index (χ3n) is 2.62. The Labute approximate surface area is 140 Å². The van der Waals surface area contributed by atoms with E-state index in [9.17, 15) is 0 Å². The number of hydrogen-bond acceptors (Lipinski definition) is 5. The van der Waals surface area contributed by atoms with Crippen LogP contribution in [0, 0.1) is 0 Å². The van der Waals surface area contributed by atoms with Crippen molar-refractivity contribution in [1.29, 1.82) is 0 Å². The van der Waals surface area contributed by atoms with Gasteiger partial charge < -0.3 is 16.4 Å². The summed E-state index contributed by atoms with van der Waals surface area (Å²) in [5, 5.41) is 14.7. The second-order valence-corrected chi connectivity index (χ2v) is 5.00. The Morgan fingerprint density at radius 2 is 1.68 bits per heavy atom. The maximum absolute atomic E-state index is 5.38. The highest BCUT2D eigenvalue weighted by molar-refractivity contribution is 7.80. The van der Waals surface area contributed by atoms with Crippen LogP contribution >= 0.6 is 24.4 Å². The Kier molecular flexibility index (Phi) is 7.20. The number of anilines is 1. The molecular formula is C13H19N7S2. The lowest BCUT2D eigenvalue weighted by Crippen LogP contribution is -2.31. The molecule has 0 spiro atoms. The summed E-state index contributed by atoms with van der Waals surface area (Å²) in [5.41, 5.74) is 13.8. The molecule has 1 rings (SSSR count). The zero-order valence-electron chi connectivity index (χ0n) is 12.6. The predicted molar refractivity (Wildman–Crippen MR) is 100 cm³/mol. The Hall–Kier alpha value is -2.26. The molecule has 0 saturated carbocycles. The topological polar surface area (TPSA) is 98.9 Å². The Balaban J connectivity index is 3.11. The van der Waals surface area contributed by atoms with Gasteiger partial charge in [0.2, 0.25) is 0 Å². The number of nitrogens with zero attached hydrogens (tertiary/aromatic N) is 2. The fraction of sp³-hybridized carbons (Fsp3) is 0.231. The van der Waals surface area contributed by atoms with E-state index in [1.54, 1.807) is 14.0 Å². The van der Waals surface area contributed by atoms with Crippen LogP contribution in [-0.2, 0) is 0 Å². The van der Waals surface area contributed by atoms with Crippen LogP contribution in [0.5, 0.6) is 0 Å². The number of hydrogen-bond donors (Lipinski definition) is 5. The zero-order chi connectivity index (χ0) is 16.5. The summed E-state index contributed by atoms with van der Waals surface area (Å²) >= 11 is 9.76. The second kappa shape index (κ2) is 8.90. The van der Waals surface area contributed by atoms with Crippen LogP contribution in [0.25, 0.3) is 0 Å². The molecule has 0 saturated heterocycles. The third-order valence-corrected chi connectivity index (χ3v) is 3.01. The molecule has 7 nitrogen and oxygen atoms in total. The van der Waals surface area contributed by atoms with Gasteiger partial charge in [-0.3, -0.25) is 10.9 Å². The summed E-state index contributed by atoms with van der Waals surface area (Å²) in [5.74, 6) is 0. The van der Waals surface area contributed by atoms with Crippen LogP contribution in [-0.4, -0.2) is 35.7 Å². The molecule has 0 radical (unpaired) electrons. The van der Waals surface area contributed by atoms with Crippen LogP contribution in [0.15, 0.2) is 34.5 Å². The van der Waals surface area contributed by atoms with Gasteiger partial charge in [0.1, 0.15) is 5.71 Å². The van der Waals surface area contributed by atoms with E-state index in [1.165, 1.54) is 0 Å². The zero-order valence-corrected chi connectivity index (χ0v) is 14.2. The molecule has 1 aromatic carbocycles. The average Bonchev–Trinajstić information content (AvgIpc) is 2.53. The van der Waals surface area contributed by atoms with Crippen molar-refractivity contribution < 1.29 is 0 Å². The minimum atomic E-state index is 0.0861. The summed E-state index contributed by atoms with van der Waals surface area (Å²) in [6, 6.07) is 7.73. The third kappa shape index (κ3) is 5.62. The van der Waals surface area contributed by atoms with Gasteiger partial charge in [-0.1, -0.05) is 12.1 Å². The monoisotopic (exact) mass is 337 g/mol. The fourth-order valence-corrected chi connectivity index (χ4v) is 1.59.